The van der Waals surface area contributed by atoms with Crippen LogP contribution in [0.5, 0.6) is 0 Å². The zero-order valence-corrected chi connectivity index (χ0v) is 12.8. The Morgan fingerprint density at radius 1 is 1.44 bits per heavy atom. The lowest BCUT2D eigenvalue weighted by molar-refractivity contribution is 0.199. The minimum Gasteiger partial charge on any atom is -0.389 e. The van der Waals surface area contributed by atoms with Crippen molar-refractivity contribution in [2.75, 3.05) is 32.1 Å². The molecule has 1 fully saturated rings. The first-order valence-corrected chi connectivity index (χ1v) is 7.17. The Kier molecular flexibility index (Phi) is 4.30. The highest BCUT2D eigenvalue weighted by molar-refractivity contribution is 9.10. The number of halogens is 1. The van der Waals surface area contributed by atoms with E-state index in [1.807, 2.05) is 19.1 Å². The summed E-state index contributed by atoms with van der Waals surface area (Å²) in [6, 6.07) is 6.77. The van der Waals surface area contributed by atoms with Gasteiger partial charge in [-0.2, -0.15) is 0 Å². The molecule has 1 heterocycles. The first kappa shape index (κ1) is 13.8. The molecule has 4 heteroatoms. The van der Waals surface area contributed by atoms with Gasteiger partial charge in [-0.25, -0.2) is 0 Å². The summed E-state index contributed by atoms with van der Waals surface area (Å²) in [5, 5.41) is 9.91. The molecule has 0 saturated carbocycles. The molecule has 2 unspecified atom stereocenters. The van der Waals surface area contributed by atoms with Crippen molar-refractivity contribution >= 4 is 21.6 Å². The molecular formula is C14H21BrN2O. The fourth-order valence-corrected chi connectivity index (χ4v) is 2.91. The van der Waals surface area contributed by atoms with Gasteiger partial charge < -0.3 is 14.9 Å². The second-order valence-corrected chi connectivity index (χ2v) is 6.15. The van der Waals surface area contributed by atoms with Gasteiger partial charge in [-0.05, 0) is 45.6 Å². The minimum atomic E-state index is -0.434. The van der Waals surface area contributed by atoms with Gasteiger partial charge in [0.1, 0.15) is 0 Å². The van der Waals surface area contributed by atoms with E-state index in [9.17, 15) is 5.11 Å². The van der Waals surface area contributed by atoms with Crippen LogP contribution >= 0.6 is 15.9 Å². The quantitative estimate of drug-likeness (QED) is 0.929. The van der Waals surface area contributed by atoms with Crippen molar-refractivity contribution in [3.05, 3.63) is 28.2 Å². The van der Waals surface area contributed by atoms with Gasteiger partial charge >= 0.3 is 0 Å². The molecule has 18 heavy (non-hydrogen) atoms. The number of hydrogen-bond acceptors (Lipinski definition) is 3. The Morgan fingerprint density at radius 3 is 2.72 bits per heavy atom. The van der Waals surface area contributed by atoms with E-state index in [0.29, 0.717) is 6.04 Å². The first-order chi connectivity index (χ1) is 8.49. The molecule has 1 N–H and O–H groups in total. The summed E-state index contributed by atoms with van der Waals surface area (Å²) in [5.41, 5.74) is 2.17. The normalized spacial score (nSPS) is 21.7. The van der Waals surface area contributed by atoms with Crippen molar-refractivity contribution in [3.8, 4) is 0 Å². The van der Waals surface area contributed by atoms with Crippen molar-refractivity contribution in [1.82, 2.24) is 4.90 Å². The van der Waals surface area contributed by atoms with Crippen LogP contribution in [0, 0.1) is 0 Å². The van der Waals surface area contributed by atoms with Gasteiger partial charge in [-0.3, -0.25) is 0 Å². The molecule has 1 aromatic rings. The number of aliphatic hydroxyl groups excluding tert-OH is 1. The van der Waals surface area contributed by atoms with Crippen LogP contribution in [0.15, 0.2) is 22.7 Å². The van der Waals surface area contributed by atoms with Crippen LogP contribution in [-0.4, -0.2) is 43.2 Å². The van der Waals surface area contributed by atoms with Gasteiger partial charge in [0, 0.05) is 34.9 Å². The Morgan fingerprint density at radius 2 is 2.17 bits per heavy atom. The monoisotopic (exact) mass is 312 g/mol. The van der Waals surface area contributed by atoms with E-state index in [0.717, 1.165) is 28.8 Å². The van der Waals surface area contributed by atoms with Gasteiger partial charge in [0.2, 0.25) is 0 Å². The topological polar surface area (TPSA) is 26.7 Å². The third-order valence-electron chi connectivity index (χ3n) is 3.67. The summed E-state index contributed by atoms with van der Waals surface area (Å²) in [6.07, 6.45) is 0.749. The summed E-state index contributed by atoms with van der Waals surface area (Å²) in [7, 11) is 4.26. The lowest BCUT2D eigenvalue weighted by Gasteiger charge is -2.25. The summed E-state index contributed by atoms with van der Waals surface area (Å²) >= 11 is 3.47. The van der Waals surface area contributed by atoms with E-state index in [1.165, 1.54) is 6.42 Å². The molecular weight excluding hydrogens is 292 g/mol. The standard InChI is InChI=1S/C14H21BrN2O/c1-10(18)13-8-11(15)4-5-14(13)17-7-6-12(9-17)16(2)3/h4-5,8,10,12,18H,6-7,9H2,1-3H3. The van der Waals surface area contributed by atoms with Crippen molar-refractivity contribution in [1.29, 1.82) is 0 Å². The Balaban J connectivity index is 2.24. The largest absolute Gasteiger partial charge is 0.389 e. The maximum atomic E-state index is 9.91. The molecule has 1 aliphatic heterocycles. The number of anilines is 1. The Hall–Kier alpha value is -0.580. The van der Waals surface area contributed by atoms with Crippen molar-refractivity contribution in [2.24, 2.45) is 0 Å². The van der Waals surface area contributed by atoms with Gasteiger partial charge in [-0.1, -0.05) is 15.9 Å². The molecule has 0 aliphatic carbocycles. The number of aliphatic hydroxyl groups is 1. The van der Waals surface area contributed by atoms with Gasteiger partial charge in [0.25, 0.3) is 0 Å². The summed E-state index contributed by atoms with van der Waals surface area (Å²) < 4.78 is 1.02. The van der Waals surface area contributed by atoms with Gasteiger partial charge in [0.15, 0.2) is 0 Å². The number of rotatable bonds is 3. The number of likely N-dealkylation sites (N-methyl/N-ethyl adjacent to an activating group) is 1. The highest BCUT2D eigenvalue weighted by Crippen LogP contribution is 2.32. The molecule has 0 bridgehead atoms. The maximum Gasteiger partial charge on any atom is 0.0782 e. The molecule has 0 radical (unpaired) electrons. The van der Waals surface area contributed by atoms with Crippen LogP contribution in [0.2, 0.25) is 0 Å². The van der Waals surface area contributed by atoms with Gasteiger partial charge in [-0.15, -0.1) is 0 Å². The van der Waals surface area contributed by atoms with Crippen LogP contribution in [0.4, 0.5) is 5.69 Å². The molecule has 2 rings (SSSR count). The number of hydrogen-bond donors (Lipinski definition) is 1. The van der Waals surface area contributed by atoms with Crippen LogP contribution in [0.25, 0.3) is 0 Å². The van der Waals surface area contributed by atoms with E-state index in [-0.39, 0.29) is 0 Å². The van der Waals surface area contributed by atoms with E-state index in [4.69, 9.17) is 0 Å². The SMILES string of the molecule is CC(O)c1cc(Br)ccc1N1CCC(N(C)C)C1. The highest BCUT2D eigenvalue weighted by Gasteiger charge is 2.26. The van der Waals surface area contributed by atoms with Gasteiger partial charge in [0.05, 0.1) is 6.10 Å². The van der Waals surface area contributed by atoms with Crippen molar-refractivity contribution < 1.29 is 5.11 Å². The van der Waals surface area contributed by atoms with Crippen LogP contribution in [-0.2, 0) is 0 Å². The lowest BCUT2D eigenvalue weighted by atomic mass is 10.1. The predicted molar refractivity (Wildman–Crippen MR) is 79.1 cm³/mol. The average molecular weight is 313 g/mol. The lowest BCUT2D eigenvalue weighted by Crippen LogP contribution is -2.31. The van der Waals surface area contributed by atoms with E-state index in [2.05, 4.69) is 45.9 Å². The van der Waals surface area contributed by atoms with E-state index >= 15 is 0 Å². The van der Waals surface area contributed by atoms with Crippen LogP contribution < -0.4 is 4.90 Å². The second kappa shape index (κ2) is 5.59. The third-order valence-corrected chi connectivity index (χ3v) is 4.17. The van der Waals surface area contributed by atoms with Crippen molar-refractivity contribution in [3.63, 3.8) is 0 Å². The van der Waals surface area contributed by atoms with E-state index < -0.39 is 6.10 Å². The van der Waals surface area contributed by atoms with Crippen LogP contribution in [0.1, 0.15) is 25.0 Å². The third kappa shape index (κ3) is 2.87. The summed E-state index contributed by atoms with van der Waals surface area (Å²) in [6.45, 7) is 3.92. The molecule has 1 aliphatic rings. The summed E-state index contributed by atoms with van der Waals surface area (Å²) in [5.74, 6) is 0. The highest BCUT2D eigenvalue weighted by atomic mass is 79.9. The molecule has 1 aromatic carbocycles. The molecule has 2 atom stereocenters. The predicted octanol–water partition coefficient (Wildman–Crippen LogP) is 2.64. The number of benzene rings is 1. The van der Waals surface area contributed by atoms with Crippen LogP contribution in [0.3, 0.4) is 0 Å². The molecule has 100 valence electrons. The fourth-order valence-electron chi connectivity index (χ4n) is 2.53. The number of nitrogens with zero attached hydrogens (tertiary/aromatic N) is 2. The maximum absolute atomic E-state index is 9.91. The molecule has 0 spiro atoms. The Bertz CT molecular complexity index is 420. The molecule has 0 amide bonds. The minimum absolute atomic E-state index is 0.434. The fraction of sp³-hybridized carbons (Fsp3) is 0.571. The van der Waals surface area contributed by atoms with Crippen molar-refractivity contribution in [2.45, 2.75) is 25.5 Å². The zero-order valence-electron chi connectivity index (χ0n) is 11.2. The molecule has 3 nitrogen and oxygen atoms in total. The second-order valence-electron chi connectivity index (χ2n) is 5.23. The molecule has 0 aromatic heterocycles. The average Bonchev–Trinajstić information content (AvgIpc) is 2.78. The zero-order chi connectivity index (χ0) is 13.3. The molecule has 1 saturated heterocycles. The smallest absolute Gasteiger partial charge is 0.0782 e. The summed E-state index contributed by atoms with van der Waals surface area (Å²) in [4.78, 5) is 4.65. The first-order valence-electron chi connectivity index (χ1n) is 6.38. The van der Waals surface area contributed by atoms with E-state index in [1.54, 1.807) is 0 Å². The Labute approximate surface area is 118 Å².